The molecule has 2 aromatic rings. The number of hydrogen-bond donors (Lipinski definition) is 2. The summed E-state index contributed by atoms with van der Waals surface area (Å²) in [7, 11) is 0. The second kappa shape index (κ2) is 11.0. The standard InChI is InChI=1S/C22H35ClN6O/c1-4-16(3)30-15-20(14-17-6-8-18(23)9-7-17)29(5-2)19-10-12-28(13-11-19)22-25-21(24)26-27-22/h6-9,16,19-20H,4-5,10-15H2,1-3H3,(H3,24,25,26,27)/t16?,20-/m0/s1. The van der Waals surface area contributed by atoms with Gasteiger partial charge < -0.3 is 15.4 Å². The Hall–Kier alpha value is -1.83. The second-order valence-corrected chi connectivity index (χ2v) is 8.56. The van der Waals surface area contributed by atoms with Crippen LogP contribution in [0, 0.1) is 0 Å². The Morgan fingerprint density at radius 2 is 1.93 bits per heavy atom. The van der Waals surface area contributed by atoms with E-state index in [0.717, 1.165) is 62.9 Å². The molecule has 1 aliphatic rings. The molecule has 3 N–H and O–H groups in total. The molecule has 1 aliphatic heterocycles. The van der Waals surface area contributed by atoms with Gasteiger partial charge in [-0.3, -0.25) is 9.88 Å². The molecule has 1 aromatic carbocycles. The molecule has 0 bridgehead atoms. The van der Waals surface area contributed by atoms with Gasteiger partial charge in [0.05, 0.1) is 12.7 Å². The van der Waals surface area contributed by atoms with Gasteiger partial charge >= 0.3 is 0 Å². The van der Waals surface area contributed by atoms with E-state index in [0.29, 0.717) is 18.0 Å². The molecule has 1 unspecified atom stereocenters. The molecule has 7 nitrogen and oxygen atoms in total. The maximum Gasteiger partial charge on any atom is 0.226 e. The van der Waals surface area contributed by atoms with E-state index < -0.39 is 0 Å². The predicted molar refractivity (Wildman–Crippen MR) is 123 cm³/mol. The van der Waals surface area contributed by atoms with E-state index in [9.17, 15) is 0 Å². The maximum atomic E-state index is 6.20. The zero-order chi connectivity index (χ0) is 21.5. The molecule has 1 saturated heterocycles. The van der Waals surface area contributed by atoms with Crippen molar-refractivity contribution < 1.29 is 4.74 Å². The lowest BCUT2D eigenvalue weighted by Crippen LogP contribution is -2.51. The van der Waals surface area contributed by atoms with Crippen molar-refractivity contribution in [2.24, 2.45) is 0 Å². The fourth-order valence-corrected chi connectivity index (χ4v) is 4.32. The second-order valence-electron chi connectivity index (χ2n) is 8.12. The zero-order valence-electron chi connectivity index (χ0n) is 18.4. The summed E-state index contributed by atoms with van der Waals surface area (Å²) in [5.74, 6) is 1.14. The van der Waals surface area contributed by atoms with Crippen LogP contribution in [0.3, 0.4) is 0 Å². The summed E-state index contributed by atoms with van der Waals surface area (Å²) in [6, 6.07) is 9.06. The van der Waals surface area contributed by atoms with Crippen LogP contribution >= 0.6 is 11.6 Å². The van der Waals surface area contributed by atoms with Gasteiger partial charge in [-0.25, -0.2) is 0 Å². The molecule has 0 radical (unpaired) electrons. The number of likely N-dealkylation sites (N-methyl/N-ethyl adjacent to an activating group) is 1. The van der Waals surface area contributed by atoms with Gasteiger partial charge in [0.15, 0.2) is 0 Å². The number of aromatic nitrogens is 3. The summed E-state index contributed by atoms with van der Waals surface area (Å²) in [6.45, 7) is 10.2. The number of rotatable bonds is 10. The fourth-order valence-electron chi connectivity index (χ4n) is 4.19. The molecule has 0 amide bonds. The number of anilines is 2. The Balaban J connectivity index is 1.67. The molecular formula is C22H35ClN6O. The van der Waals surface area contributed by atoms with Crippen LogP contribution in [0.2, 0.25) is 5.02 Å². The number of nitrogens with two attached hydrogens (primary N) is 1. The van der Waals surface area contributed by atoms with Crippen molar-refractivity contribution >= 4 is 23.5 Å². The number of aromatic amines is 1. The molecular weight excluding hydrogens is 400 g/mol. The summed E-state index contributed by atoms with van der Waals surface area (Å²) in [4.78, 5) is 7.90. The third kappa shape index (κ3) is 6.09. The number of halogens is 1. The van der Waals surface area contributed by atoms with E-state index in [2.05, 4.69) is 57.9 Å². The highest BCUT2D eigenvalue weighted by Crippen LogP contribution is 2.24. The van der Waals surface area contributed by atoms with Crippen LogP contribution in [-0.2, 0) is 11.2 Å². The number of nitrogens with zero attached hydrogens (tertiary/aromatic N) is 4. The Kier molecular flexibility index (Phi) is 8.36. The van der Waals surface area contributed by atoms with E-state index in [1.165, 1.54) is 5.56 Å². The SMILES string of the molecule is CCC(C)OC[C@H](Cc1ccc(Cl)cc1)N(CC)C1CCN(c2nnc(N)[nH]2)CC1. The van der Waals surface area contributed by atoms with E-state index in [4.69, 9.17) is 22.1 Å². The van der Waals surface area contributed by atoms with E-state index in [-0.39, 0.29) is 6.10 Å². The number of nitrogen functional groups attached to an aromatic ring is 1. The molecule has 1 aromatic heterocycles. The molecule has 30 heavy (non-hydrogen) atoms. The number of piperidine rings is 1. The topological polar surface area (TPSA) is 83.3 Å². The van der Waals surface area contributed by atoms with Crippen molar-refractivity contribution in [3.8, 4) is 0 Å². The van der Waals surface area contributed by atoms with Crippen molar-refractivity contribution in [3.63, 3.8) is 0 Å². The molecule has 2 heterocycles. The number of ether oxygens (including phenoxy) is 1. The third-order valence-corrected chi connectivity index (χ3v) is 6.34. The fraction of sp³-hybridized carbons (Fsp3) is 0.636. The van der Waals surface area contributed by atoms with Crippen molar-refractivity contribution in [2.75, 3.05) is 36.9 Å². The van der Waals surface area contributed by atoms with Crippen molar-refractivity contribution in [2.45, 2.75) is 64.6 Å². The van der Waals surface area contributed by atoms with Crippen LogP contribution < -0.4 is 10.6 Å². The summed E-state index contributed by atoms with van der Waals surface area (Å²) in [5.41, 5.74) is 6.98. The molecule has 166 valence electrons. The van der Waals surface area contributed by atoms with Crippen LogP contribution in [-0.4, -0.2) is 64.5 Å². The van der Waals surface area contributed by atoms with E-state index in [1.807, 2.05) is 12.1 Å². The van der Waals surface area contributed by atoms with Gasteiger partial charge in [-0.15, -0.1) is 10.2 Å². The van der Waals surface area contributed by atoms with Gasteiger partial charge in [0.1, 0.15) is 0 Å². The highest BCUT2D eigenvalue weighted by Gasteiger charge is 2.30. The lowest BCUT2D eigenvalue weighted by atomic mass is 9.98. The first-order valence-corrected chi connectivity index (χ1v) is 11.4. The third-order valence-electron chi connectivity index (χ3n) is 6.09. The molecule has 0 spiro atoms. The van der Waals surface area contributed by atoms with Crippen LogP contribution in [0.1, 0.15) is 45.6 Å². The Morgan fingerprint density at radius 1 is 1.23 bits per heavy atom. The minimum absolute atomic E-state index is 0.273. The van der Waals surface area contributed by atoms with Gasteiger partial charge in [-0.05, 0) is 56.8 Å². The molecule has 8 heteroatoms. The summed E-state index contributed by atoms with van der Waals surface area (Å²) in [6.07, 6.45) is 4.41. The van der Waals surface area contributed by atoms with Gasteiger partial charge in [0.25, 0.3) is 0 Å². The number of nitrogens with one attached hydrogen (secondary N) is 1. The summed E-state index contributed by atoms with van der Waals surface area (Å²) < 4.78 is 6.20. The Morgan fingerprint density at radius 3 is 2.50 bits per heavy atom. The molecule has 0 aliphatic carbocycles. The molecule has 1 fully saturated rings. The maximum absolute atomic E-state index is 6.20. The first kappa shape index (κ1) is 22.8. The first-order chi connectivity index (χ1) is 14.5. The number of hydrogen-bond acceptors (Lipinski definition) is 6. The van der Waals surface area contributed by atoms with Gasteiger partial charge in [-0.1, -0.05) is 37.6 Å². The molecule has 0 saturated carbocycles. The first-order valence-electron chi connectivity index (χ1n) is 11.0. The van der Waals surface area contributed by atoms with Crippen molar-refractivity contribution in [3.05, 3.63) is 34.9 Å². The van der Waals surface area contributed by atoms with Gasteiger partial charge in [0, 0.05) is 30.2 Å². The van der Waals surface area contributed by atoms with Crippen molar-refractivity contribution in [1.29, 1.82) is 0 Å². The minimum atomic E-state index is 0.273. The van der Waals surface area contributed by atoms with Crippen LogP contribution in [0.25, 0.3) is 0 Å². The van der Waals surface area contributed by atoms with Crippen LogP contribution in [0.5, 0.6) is 0 Å². The number of H-pyrrole nitrogens is 1. The lowest BCUT2D eigenvalue weighted by Gasteiger charge is -2.42. The highest BCUT2D eigenvalue weighted by atomic mass is 35.5. The average molecular weight is 435 g/mol. The van der Waals surface area contributed by atoms with Crippen molar-refractivity contribution in [1.82, 2.24) is 20.1 Å². The van der Waals surface area contributed by atoms with Crippen LogP contribution in [0.15, 0.2) is 24.3 Å². The smallest absolute Gasteiger partial charge is 0.226 e. The predicted octanol–water partition coefficient (Wildman–Crippen LogP) is 3.76. The summed E-state index contributed by atoms with van der Waals surface area (Å²) >= 11 is 6.09. The highest BCUT2D eigenvalue weighted by molar-refractivity contribution is 6.30. The van der Waals surface area contributed by atoms with E-state index >= 15 is 0 Å². The van der Waals surface area contributed by atoms with Gasteiger partial charge in [0.2, 0.25) is 11.9 Å². The minimum Gasteiger partial charge on any atom is -0.377 e. The normalized spacial score (nSPS) is 17.4. The summed E-state index contributed by atoms with van der Waals surface area (Å²) in [5, 5.41) is 8.80. The Bertz CT molecular complexity index is 759. The zero-order valence-corrected chi connectivity index (χ0v) is 19.1. The quantitative estimate of drug-likeness (QED) is 0.592. The number of benzene rings is 1. The van der Waals surface area contributed by atoms with Crippen LogP contribution in [0.4, 0.5) is 11.9 Å². The Labute approximate surface area is 184 Å². The lowest BCUT2D eigenvalue weighted by molar-refractivity contribution is -0.000215. The van der Waals surface area contributed by atoms with Gasteiger partial charge in [-0.2, -0.15) is 0 Å². The van der Waals surface area contributed by atoms with E-state index in [1.54, 1.807) is 0 Å². The monoisotopic (exact) mass is 434 g/mol. The molecule has 2 atom stereocenters. The largest absolute Gasteiger partial charge is 0.377 e. The molecule has 3 rings (SSSR count). The average Bonchev–Trinajstić information content (AvgIpc) is 3.20.